The van der Waals surface area contributed by atoms with Crippen molar-refractivity contribution in [3.63, 3.8) is 0 Å². The van der Waals surface area contributed by atoms with E-state index in [0.717, 1.165) is 16.6 Å². The number of para-hydroxylation sites is 2. The van der Waals surface area contributed by atoms with Crippen LogP contribution >= 0.6 is 0 Å². The van der Waals surface area contributed by atoms with Crippen molar-refractivity contribution < 1.29 is 14.3 Å². The number of nitriles is 1. The molecule has 1 unspecified atom stereocenters. The molecule has 1 atom stereocenters. The lowest BCUT2D eigenvalue weighted by molar-refractivity contribution is 0.0480. The Morgan fingerprint density at radius 1 is 1.36 bits per heavy atom. The van der Waals surface area contributed by atoms with Gasteiger partial charge in [-0.25, -0.2) is 9.78 Å². The zero-order chi connectivity index (χ0) is 19.9. The van der Waals surface area contributed by atoms with Gasteiger partial charge in [-0.1, -0.05) is 12.1 Å². The summed E-state index contributed by atoms with van der Waals surface area (Å²) in [6.45, 7) is 6.09. The van der Waals surface area contributed by atoms with Crippen molar-refractivity contribution in [2.24, 2.45) is 0 Å². The Morgan fingerprint density at radius 3 is 2.89 bits per heavy atom. The molecule has 0 N–H and O–H groups in total. The zero-order valence-electron chi connectivity index (χ0n) is 16.1. The summed E-state index contributed by atoms with van der Waals surface area (Å²) in [5.74, 6) is 0.521. The zero-order valence-corrected chi connectivity index (χ0v) is 16.1. The molecule has 142 valence electrons. The van der Waals surface area contributed by atoms with Gasteiger partial charge in [0.25, 0.3) is 0 Å². The lowest BCUT2D eigenvalue weighted by Crippen LogP contribution is -2.37. The summed E-state index contributed by atoms with van der Waals surface area (Å²) < 4.78 is 13.3. The van der Waals surface area contributed by atoms with Gasteiger partial charge in [0.15, 0.2) is 0 Å². The number of carbonyl (C=O) groups excluding carboxylic acids is 1. The van der Waals surface area contributed by atoms with Crippen molar-refractivity contribution >= 4 is 17.0 Å². The summed E-state index contributed by atoms with van der Waals surface area (Å²) in [5.41, 5.74) is 2.55. The number of imidazole rings is 1. The minimum Gasteiger partial charge on any atom is -0.487 e. The fourth-order valence-corrected chi connectivity index (χ4v) is 3.82. The summed E-state index contributed by atoms with van der Waals surface area (Å²) in [6.07, 6.45) is 0.627. The molecule has 1 aromatic heterocycles. The average molecular weight is 375 g/mol. The van der Waals surface area contributed by atoms with Crippen molar-refractivity contribution in [1.29, 1.82) is 5.26 Å². The highest BCUT2D eigenvalue weighted by atomic mass is 16.5. The molecule has 0 aliphatic carbocycles. The van der Waals surface area contributed by atoms with Crippen LogP contribution in [0.5, 0.6) is 5.75 Å². The third kappa shape index (κ3) is 2.99. The van der Waals surface area contributed by atoms with E-state index in [1.807, 2.05) is 54.8 Å². The van der Waals surface area contributed by atoms with E-state index >= 15 is 0 Å². The molecule has 0 bridgehead atoms. The summed E-state index contributed by atoms with van der Waals surface area (Å²) >= 11 is 0. The number of hydrogen-bond acceptors (Lipinski definition) is 5. The van der Waals surface area contributed by atoms with Crippen LogP contribution in [0.15, 0.2) is 42.5 Å². The van der Waals surface area contributed by atoms with Gasteiger partial charge in [0.2, 0.25) is 5.82 Å². The quantitative estimate of drug-likeness (QED) is 0.640. The molecule has 3 aromatic rings. The van der Waals surface area contributed by atoms with Crippen LogP contribution in [0.2, 0.25) is 0 Å². The minimum absolute atomic E-state index is 0.209. The minimum atomic E-state index is -0.457. The number of carbonyl (C=O) groups is 1. The maximum absolute atomic E-state index is 12.7. The van der Waals surface area contributed by atoms with Crippen LogP contribution in [-0.4, -0.2) is 27.7 Å². The predicted octanol–water partition coefficient (Wildman–Crippen LogP) is 4.24. The van der Waals surface area contributed by atoms with Gasteiger partial charge in [-0.2, -0.15) is 5.26 Å². The van der Waals surface area contributed by atoms with E-state index in [9.17, 15) is 10.1 Å². The summed E-state index contributed by atoms with van der Waals surface area (Å²) in [5, 5.41) is 9.36. The van der Waals surface area contributed by atoms with E-state index in [0.29, 0.717) is 17.7 Å². The van der Waals surface area contributed by atoms with Crippen LogP contribution in [0.25, 0.3) is 11.0 Å². The normalized spacial score (nSPS) is 17.4. The van der Waals surface area contributed by atoms with Crippen LogP contribution in [0.1, 0.15) is 55.0 Å². The number of benzene rings is 2. The highest BCUT2D eigenvalue weighted by molar-refractivity contribution is 5.91. The van der Waals surface area contributed by atoms with E-state index in [1.165, 1.54) is 0 Å². The van der Waals surface area contributed by atoms with Crippen LogP contribution in [0.3, 0.4) is 0 Å². The first kappa shape index (κ1) is 18.1. The molecule has 28 heavy (non-hydrogen) atoms. The Hall–Kier alpha value is -3.33. The summed E-state index contributed by atoms with van der Waals surface area (Å²) in [6, 6.07) is 15.0. The molecule has 0 amide bonds. The van der Waals surface area contributed by atoms with Crippen molar-refractivity contribution in [2.45, 2.75) is 38.8 Å². The van der Waals surface area contributed by atoms with Crippen LogP contribution in [0.4, 0.5) is 0 Å². The number of fused-ring (bicyclic) bond motifs is 2. The molecule has 0 saturated heterocycles. The van der Waals surface area contributed by atoms with E-state index in [1.54, 1.807) is 13.0 Å². The lowest BCUT2D eigenvalue weighted by Gasteiger charge is -2.38. The molecule has 4 rings (SSSR count). The number of ether oxygens (including phenoxy) is 2. The van der Waals surface area contributed by atoms with Gasteiger partial charge in [0, 0.05) is 12.0 Å². The van der Waals surface area contributed by atoms with Crippen LogP contribution < -0.4 is 4.74 Å². The second-order valence-corrected chi connectivity index (χ2v) is 7.46. The van der Waals surface area contributed by atoms with Crippen LogP contribution in [0, 0.1) is 11.3 Å². The average Bonchev–Trinajstić information content (AvgIpc) is 3.06. The summed E-state index contributed by atoms with van der Waals surface area (Å²) in [4.78, 5) is 17.2. The molecular formula is C22H21N3O3. The van der Waals surface area contributed by atoms with Gasteiger partial charge >= 0.3 is 5.97 Å². The second-order valence-electron chi connectivity index (χ2n) is 7.46. The van der Waals surface area contributed by atoms with Gasteiger partial charge in [-0.05, 0) is 51.1 Å². The topological polar surface area (TPSA) is 77.1 Å². The molecular weight excluding hydrogens is 354 g/mol. The maximum Gasteiger partial charge on any atom is 0.374 e. The highest BCUT2D eigenvalue weighted by Gasteiger charge is 2.37. The number of rotatable bonds is 3. The van der Waals surface area contributed by atoms with Gasteiger partial charge in [-0.15, -0.1) is 0 Å². The fourth-order valence-electron chi connectivity index (χ4n) is 3.82. The standard InChI is InChI=1S/C22H21N3O3/c1-4-27-21(26)20-24-16-7-5-6-8-17(16)25(20)18-12-22(2,3)28-19-10-9-14(13-23)11-15(18)19/h5-11,18H,4,12H2,1-3H3. The Labute approximate surface area is 163 Å². The Morgan fingerprint density at radius 2 is 2.14 bits per heavy atom. The first-order valence-electron chi connectivity index (χ1n) is 9.30. The predicted molar refractivity (Wildman–Crippen MR) is 104 cm³/mol. The van der Waals surface area contributed by atoms with Crippen molar-refractivity contribution in [1.82, 2.24) is 9.55 Å². The molecule has 0 saturated carbocycles. The van der Waals surface area contributed by atoms with Crippen molar-refractivity contribution in [3.8, 4) is 11.8 Å². The molecule has 1 aliphatic heterocycles. The van der Waals surface area contributed by atoms with Gasteiger partial charge in [-0.3, -0.25) is 0 Å². The van der Waals surface area contributed by atoms with Crippen LogP contribution in [-0.2, 0) is 4.74 Å². The van der Waals surface area contributed by atoms with Gasteiger partial charge < -0.3 is 14.0 Å². The highest BCUT2D eigenvalue weighted by Crippen LogP contribution is 2.43. The van der Waals surface area contributed by atoms with E-state index in [-0.39, 0.29) is 18.5 Å². The van der Waals surface area contributed by atoms with E-state index < -0.39 is 11.6 Å². The summed E-state index contributed by atoms with van der Waals surface area (Å²) in [7, 11) is 0. The van der Waals surface area contributed by atoms with Gasteiger partial charge in [0.1, 0.15) is 11.4 Å². The smallest absolute Gasteiger partial charge is 0.374 e. The number of aromatic nitrogens is 2. The molecule has 0 fully saturated rings. The molecule has 0 spiro atoms. The number of esters is 1. The molecule has 6 heteroatoms. The first-order chi connectivity index (χ1) is 13.4. The molecule has 1 aliphatic rings. The van der Waals surface area contributed by atoms with Crippen molar-refractivity contribution in [3.05, 3.63) is 59.4 Å². The number of hydrogen-bond donors (Lipinski definition) is 0. The van der Waals surface area contributed by atoms with E-state index in [2.05, 4.69) is 11.1 Å². The second kappa shape index (κ2) is 6.68. The van der Waals surface area contributed by atoms with Crippen molar-refractivity contribution in [2.75, 3.05) is 6.61 Å². The largest absolute Gasteiger partial charge is 0.487 e. The first-order valence-corrected chi connectivity index (χ1v) is 9.30. The van der Waals surface area contributed by atoms with Gasteiger partial charge in [0.05, 0.1) is 35.3 Å². The monoisotopic (exact) mass is 375 g/mol. The fraction of sp³-hybridized carbons (Fsp3) is 0.318. The lowest BCUT2D eigenvalue weighted by atomic mass is 9.88. The third-order valence-electron chi connectivity index (χ3n) is 4.93. The molecule has 0 radical (unpaired) electrons. The SMILES string of the molecule is CCOC(=O)c1nc2ccccc2n1C1CC(C)(C)Oc2ccc(C#N)cc21. The molecule has 2 aromatic carbocycles. The Balaban J connectivity index is 1.98. The Kier molecular flexibility index (Phi) is 4.31. The number of nitrogens with zero attached hydrogens (tertiary/aromatic N) is 3. The third-order valence-corrected chi connectivity index (χ3v) is 4.93. The van der Waals surface area contributed by atoms with E-state index in [4.69, 9.17) is 9.47 Å². The Bertz CT molecular complexity index is 1110. The maximum atomic E-state index is 12.7. The molecule has 2 heterocycles. The molecule has 6 nitrogen and oxygen atoms in total.